The van der Waals surface area contributed by atoms with E-state index in [4.69, 9.17) is 23.2 Å². The summed E-state index contributed by atoms with van der Waals surface area (Å²) in [6.45, 7) is 2.51. The third-order valence-electron chi connectivity index (χ3n) is 3.53. The molecule has 1 atom stereocenters. The lowest BCUT2D eigenvalue weighted by molar-refractivity contribution is 0.0950. The first-order chi connectivity index (χ1) is 10.5. The highest BCUT2D eigenvalue weighted by Crippen LogP contribution is 2.24. The van der Waals surface area contributed by atoms with Crippen LogP contribution in [-0.2, 0) is 0 Å². The Kier molecular flexibility index (Phi) is 5.81. The van der Waals surface area contributed by atoms with Gasteiger partial charge in [-0.25, -0.2) is 4.39 Å². The van der Waals surface area contributed by atoms with Crippen LogP contribution in [0.5, 0.6) is 0 Å². The molecule has 1 amide bonds. The summed E-state index contributed by atoms with van der Waals surface area (Å²) in [6.07, 6.45) is 0.882. The van der Waals surface area contributed by atoms with Crippen LogP contribution in [0, 0.1) is 5.82 Å². The fourth-order valence-electron chi connectivity index (χ4n) is 2.23. The Morgan fingerprint density at radius 3 is 2.50 bits per heavy atom. The predicted octanol–water partition coefficient (Wildman–Crippen LogP) is 5.06. The van der Waals surface area contributed by atoms with Gasteiger partial charge in [0.2, 0.25) is 0 Å². The summed E-state index contributed by atoms with van der Waals surface area (Å²) in [5.41, 5.74) is 1.24. The van der Waals surface area contributed by atoms with Crippen LogP contribution in [0.4, 0.5) is 4.39 Å². The van der Waals surface area contributed by atoms with Gasteiger partial charge in [0.1, 0.15) is 5.82 Å². The second-order valence-corrected chi connectivity index (χ2v) is 5.79. The number of hydrogen-bond donors (Lipinski definition) is 1. The molecule has 0 aliphatic heterocycles. The number of benzene rings is 2. The zero-order valence-electron chi connectivity index (χ0n) is 12.1. The zero-order chi connectivity index (χ0) is 16.1. The highest BCUT2D eigenvalue weighted by atomic mass is 35.5. The van der Waals surface area contributed by atoms with Gasteiger partial charge in [-0.15, -0.1) is 0 Å². The van der Waals surface area contributed by atoms with Crippen LogP contribution in [0.2, 0.25) is 10.0 Å². The molecule has 2 aromatic carbocycles. The largest absolute Gasteiger partial charge is 0.351 e. The van der Waals surface area contributed by atoms with E-state index in [0.29, 0.717) is 6.54 Å². The summed E-state index contributed by atoms with van der Waals surface area (Å²) < 4.78 is 13.5. The van der Waals surface area contributed by atoms with Crippen LogP contribution in [0.3, 0.4) is 0 Å². The molecule has 0 aromatic heterocycles. The number of carbonyl (C=O) groups is 1. The molecular formula is C17H16Cl2FNO. The predicted molar refractivity (Wildman–Crippen MR) is 88.2 cm³/mol. The molecule has 2 aromatic rings. The first-order valence-corrected chi connectivity index (χ1v) is 7.76. The lowest BCUT2D eigenvalue weighted by Gasteiger charge is -2.16. The first kappa shape index (κ1) is 16.8. The average molecular weight is 340 g/mol. The summed E-state index contributed by atoms with van der Waals surface area (Å²) in [4.78, 5) is 12.2. The molecule has 0 saturated carbocycles. The number of nitrogens with one attached hydrogen (secondary N) is 1. The van der Waals surface area contributed by atoms with Crippen molar-refractivity contribution in [3.8, 4) is 0 Å². The summed E-state index contributed by atoms with van der Waals surface area (Å²) in [6, 6.07) is 12.2. The molecular weight excluding hydrogens is 324 g/mol. The molecule has 0 aliphatic rings. The third-order valence-corrected chi connectivity index (χ3v) is 4.13. The van der Waals surface area contributed by atoms with Gasteiger partial charge in [-0.2, -0.15) is 0 Å². The van der Waals surface area contributed by atoms with Gasteiger partial charge in [0, 0.05) is 12.5 Å². The van der Waals surface area contributed by atoms with Crippen molar-refractivity contribution in [2.24, 2.45) is 0 Å². The Morgan fingerprint density at radius 2 is 1.86 bits per heavy atom. The fourth-order valence-corrected chi connectivity index (χ4v) is 2.70. The Labute approximate surface area is 139 Å². The minimum absolute atomic E-state index is 0.0893. The quantitative estimate of drug-likeness (QED) is 0.758. The van der Waals surface area contributed by atoms with E-state index in [1.165, 1.54) is 6.07 Å². The molecule has 2 nitrogen and oxygen atoms in total. The monoisotopic (exact) mass is 339 g/mol. The number of carbonyl (C=O) groups excluding carboxylic acids is 1. The van der Waals surface area contributed by atoms with Crippen LogP contribution < -0.4 is 5.32 Å². The molecule has 0 fully saturated rings. The van der Waals surface area contributed by atoms with E-state index < -0.39 is 11.7 Å². The second-order valence-electron chi connectivity index (χ2n) is 4.97. The van der Waals surface area contributed by atoms with E-state index >= 15 is 0 Å². The van der Waals surface area contributed by atoms with Crippen molar-refractivity contribution < 1.29 is 9.18 Å². The van der Waals surface area contributed by atoms with Crippen molar-refractivity contribution in [2.45, 2.75) is 19.3 Å². The van der Waals surface area contributed by atoms with E-state index in [-0.39, 0.29) is 21.5 Å². The summed E-state index contributed by atoms with van der Waals surface area (Å²) in [5.74, 6) is -0.873. The lowest BCUT2D eigenvalue weighted by Crippen LogP contribution is -2.28. The maximum Gasteiger partial charge on any atom is 0.252 e. The van der Waals surface area contributed by atoms with Crippen LogP contribution >= 0.6 is 23.2 Å². The highest BCUT2D eigenvalue weighted by Gasteiger charge is 2.16. The van der Waals surface area contributed by atoms with E-state index in [1.54, 1.807) is 0 Å². The topological polar surface area (TPSA) is 29.1 Å². The summed E-state index contributed by atoms with van der Waals surface area (Å²) >= 11 is 11.6. The molecule has 0 saturated heterocycles. The van der Waals surface area contributed by atoms with Gasteiger partial charge in [-0.05, 0) is 24.1 Å². The van der Waals surface area contributed by atoms with Crippen molar-refractivity contribution in [1.82, 2.24) is 5.32 Å². The molecule has 5 heteroatoms. The van der Waals surface area contributed by atoms with Gasteiger partial charge in [0.05, 0.1) is 15.6 Å². The molecule has 22 heavy (non-hydrogen) atoms. The second kappa shape index (κ2) is 7.61. The zero-order valence-corrected chi connectivity index (χ0v) is 13.6. The molecule has 0 heterocycles. The van der Waals surface area contributed by atoms with Gasteiger partial charge in [0.25, 0.3) is 5.91 Å². The molecule has 0 radical (unpaired) electrons. The Balaban J connectivity index is 2.08. The van der Waals surface area contributed by atoms with Crippen molar-refractivity contribution in [3.05, 3.63) is 69.5 Å². The van der Waals surface area contributed by atoms with Crippen molar-refractivity contribution in [1.29, 1.82) is 0 Å². The van der Waals surface area contributed by atoms with E-state index in [2.05, 4.69) is 12.2 Å². The number of amides is 1. The van der Waals surface area contributed by atoms with Crippen LogP contribution in [0.25, 0.3) is 0 Å². The third kappa shape index (κ3) is 3.99. The minimum Gasteiger partial charge on any atom is -0.351 e. The van der Waals surface area contributed by atoms with Crippen molar-refractivity contribution in [2.75, 3.05) is 6.54 Å². The van der Waals surface area contributed by atoms with Crippen LogP contribution in [0.15, 0.2) is 42.5 Å². The van der Waals surface area contributed by atoms with Crippen molar-refractivity contribution >= 4 is 29.1 Å². The lowest BCUT2D eigenvalue weighted by atomic mass is 9.96. The first-order valence-electron chi connectivity index (χ1n) is 7.00. The molecule has 1 unspecified atom stereocenters. The molecule has 0 spiro atoms. The standard InChI is InChI=1S/C17H16Cl2FNO/c1-2-11(12-6-4-3-5-7-12)10-21-17(22)13-8-16(20)15(19)9-14(13)18/h3-9,11H,2,10H2,1H3,(H,21,22). The van der Waals surface area contributed by atoms with Crippen molar-refractivity contribution in [3.63, 3.8) is 0 Å². The highest BCUT2D eigenvalue weighted by molar-refractivity contribution is 6.36. The van der Waals surface area contributed by atoms with Gasteiger partial charge >= 0.3 is 0 Å². The van der Waals surface area contributed by atoms with Gasteiger partial charge in [0.15, 0.2) is 0 Å². The molecule has 2 rings (SSSR count). The van der Waals surface area contributed by atoms with Gasteiger partial charge < -0.3 is 5.32 Å². The Hall–Kier alpha value is -1.58. The van der Waals surface area contributed by atoms with E-state index in [1.807, 2.05) is 30.3 Å². The minimum atomic E-state index is -0.661. The normalized spacial score (nSPS) is 12.0. The average Bonchev–Trinajstić information content (AvgIpc) is 2.52. The van der Waals surface area contributed by atoms with Crippen LogP contribution in [0.1, 0.15) is 35.2 Å². The molecule has 0 bridgehead atoms. The van der Waals surface area contributed by atoms with E-state index in [0.717, 1.165) is 18.1 Å². The molecule has 116 valence electrons. The van der Waals surface area contributed by atoms with Gasteiger partial charge in [-0.3, -0.25) is 4.79 Å². The maximum atomic E-state index is 13.5. The van der Waals surface area contributed by atoms with Gasteiger partial charge in [-0.1, -0.05) is 60.5 Å². The smallest absolute Gasteiger partial charge is 0.252 e. The summed E-state index contributed by atoms with van der Waals surface area (Å²) in [5, 5.41) is 2.84. The molecule has 0 aliphatic carbocycles. The maximum absolute atomic E-state index is 13.5. The van der Waals surface area contributed by atoms with E-state index in [9.17, 15) is 9.18 Å². The Bertz CT molecular complexity index is 661. The number of rotatable bonds is 5. The summed E-state index contributed by atoms with van der Waals surface area (Å²) in [7, 11) is 0. The SMILES string of the molecule is CCC(CNC(=O)c1cc(F)c(Cl)cc1Cl)c1ccccc1. The molecule has 1 N–H and O–H groups in total. The number of hydrogen-bond acceptors (Lipinski definition) is 1. The number of halogens is 3. The Morgan fingerprint density at radius 1 is 1.18 bits per heavy atom. The fraction of sp³-hybridized carbons (Fsp3) is 0.235. The van der Waals surface area contributed by atoms with Crippen LogP contribution in [-0.4, -0.2) is 12.5 Å².